The van der Waals surface area contributed by atoms with E-state index in [0.29, 0.717) is 24.7 Å². The van der Waals surface area contributed by atoms with E-state index in [1.54, 1.807) is 19.3 Å². The minimum absolute atomic E-state index is 0.173. The Morgan fingerprint density at radius 1 is 1.19 bits per heavy atom. The normalized spacial score (nSPS) is 15.0. The molecule has 1 aliphatic rings. The molecule has 2 aromatic rings. The Bertz CT molecular complexity index is 774. The second-order valence-electron chi connectivity index (χ2n) is 6.23. The molecule has 1 aromatic carbocycles. The smallest absolute Gasteiger partial charge is 0.218 e. The van der Waals surface area contributed by atoms with Crippen molar-refractivity contribution in [2.45, 2.75) is 13.5 Å². The van der Waals surface area contributed by atoms with Crippen LogP contribution in [0, 0.1) is 5.82 Å². The summed E-state index contributed by atoms with van der Waals surface area (Å²) < 4.78 is 19.6. The van der Waals surface area contributed by atoms with Crippen molar-refractivity contribution in [2.75, 3.05) is 44.7 Å². The van der Waals surface area contributed by atoms with Crippen molar-refractivity contribution in [3.8, 4) is 5.88 Å². The summed E-state index contributed by atoms with van der Waals surface area (Å²) in [6.45, 7) is 6.16. The Labute approximate surface area is 159 Å². The predicted molar refractivity (Wildman–Crippen MR) is 106 cm³/mol. The van der Waals surface area contributed by atoms with E-state index in [2.05, 4.69) is 25.1 Å². The van der Waals surface area contributed by atoms with E-state index in [1.165, 1.54) is 6.07 Å². The summed E-state index contributed by atoms with van der Waals surface area (Å²) in [5, 5.41) is 3.38. The zero-order chi connectivity index (χ0) is 19.1. The number of hydrogen-bond donors (Lipinski definition) is 1. The first-order valence-corrected chi connectivity index (χ1v) is 9.24. The molecule has 1 aliphatic heterocycles. The van der Waals surface area contributed by atoms with Gasteiger partial charge in [-0.15, -0.1) is 0 Å². The number of anilines is 1. The quantitative estimate of drug-likeness (QED) is 0.647. The zero-order valence-corrected chi connectivity index (χ0v) is 15.9. The summed E-state index contributed by atoms with van der Waals surface area (Å²) in [5.74, 6) is 1.30. The number of aliphatic imine (C=N–C) groups is 1. The van der Waals surface area contributed by atoms with Crippen LogP contribution >= 0.6 is 0 Å². The zero-order valence-electron chi connectivity index (χ0n) is 15.9. The number of nitrogens with zero attached hydrogens (tertiary/aromatic N) is 4. The van der Waals surface area contributed by atoms with Crippen LogP contribution in [0.25, 0.3) is 0 Å². The lowest BCUT2D eigenvalue weighted by atomic mass is 10.2. The van der Waals surface area contributed by atoms with Gasteiger partial charge in [0.15, 0.2) is 5.96 Å². The van der Waals surface area contributed by atoms with Gasteiger partial charge in [-0.1, -0.05) is 18.2 Å². The number of rotatable bonds is 5. The lowest BCUT2D eigenvalue weighted by Gasteiger charge is -2.37. The fourth-order valence-electron chi connectivity index (χ4n) is 3.20. The van der Waals surface area contributed by atoms with Crippen molar-refractivity contribution in [3.05, 3.63) is 54.0 Å². The highest BCUT2D eigenvalue weighted by Gasteiger charge is 2.21. The Kier molecular flexibility index (Phi) is 6.46. The number of piperazine rings is 1. The van der Waals surface area contributed by atoms with Crippen LogP contribution < -0.4 is 15.0 Å². The number of halogens is 1. The first kappa shape index (κ1) is 18.9. The number of hydrogen-bond acceptors (Lipinski definition) is 4. The van der Waals surface area contributed by atoms with E-state index < -0.39 is 0 Å². The standard InChI is InChI=1S/C20H26FN5O/c1-3-27-19-16(7-6-10-23-19)15-24-20(22-2)26-13-11-25(12-14-26)18-9-5-4-8-17(18)21/h4-10H,3,11-15H2,1-2H3,(H,22,24). The Balaban J connectivity index is 1.58. The minimum atomic E-state index is -0.173. The van der Waals surface area contributed by atoms with Gasteiger partial charge >= 0.3 is 0 Å². The van der Waals surface area contributed by atoms with Crippen molar-refractivity contribution in [1.29, 1.82) is 0 Å². The fourth-order valence-corrected chi connectivity index (χ4v) is 3.20. The first-order valence-electron chi connectivity index (χ1n) is 9.24. The molecule has 7 heteroatoms. The molecule has 6 nitrogen and oxygen atoms in total. The van der Waals surface area contributed by atoms with Crippen molar-refractivity contribution < 1.29 is 9.13 Å². The summed E-state index contributed by atoms with van der Waals surface area (Å²) in [6, 6.07) is 10.8. The van der Waals surface area contributed by atoms with Crippen LogP contribution in [0.4, 0.5) is 10.1 Å². The van der Waals surface area contributed by atoms with Crippen molar-refractivity contribution in [1.82, 2.24) is 15.2 Å². The molecule has 0 spiro atoms. The van der Waals surface area contributed by atoms with Crippen molar-refractivity contribution in [3.63, 3.8) is 0 Å². The Morgan fingerprint density at radius 2 is 1.96 bits per heavy atom. The maximum absolute atomic E-state index is 14.0. The third-order valence-corrected chi connectivity index (χ3v) is 4.55. The number of para-hydroxylation sites is 1. The van der Waals surface area contributed by atoms with Gasteiger partial charge in [0.05, 0.1) is 12.3 Å². The minimum Gasteiger partial charge on any atom is -0.478 e. The van der Waals surface area contributed by atoms with E-state index in [-0.39, 0.29) is 5.82 Å². The summed E-state index contributed by atoms with van der Waals surface area (Å²) in [6.07, 6.45) is 1.73. The predicted octanol–water partition coefficient (Wildman–Crippen LogP) is 2.52. The molecule has 0 saturated carbocycles. The summed E-state index contributed by atoms with van der Waals surface area (Å²) in [7, 11) is 1.78. The molecule has 1 fully saturated rings. The van der Waals surface area contributed by atoms with Gasteiger partial charge in [0, 0.05) is 51.5 Å². The summed E-state index contributed by atoms with van der Waals surface area (Å²) in [4.78, 5) is 12.9. The largest absolute Gasteiger partial charge is 0.478 e. The van der Waals surface area contributed by atoms with Gasteiger partial charge in [0.25, 0.3) is 0 Å². The van der Waals surface area contributed by atoms with Gasteiger partial charge in [0.2, 0.25) is 5.88 Å². The Hall–Kier alpha value is -2.83. The second kappa shape index (κ2) is 9.21. The third kappa shape index (κ3) is 4.67. The molecule has 0 radical (unpaired) electrons. The Morgan fingerprint density at radius 3 is 2.67 bits per heavy atom. The van der Waals surface area contributed by atoms with E-state index >= 15 is 0 Å². The summed E-state index contributed by atoms with van der Waals surface area (Å²) >= 11 is 0. The van der Waals surface area contributed by atoms with Crippen LogP contribution in [0.5, 0.6) is 5.88 Å². The van der Waals surface area contributed by atoms with Gasteiger partial charge in [0.1, 0.15) is 5.82 Å². The molecule has 0 amide bonds. The molecule has 0 atom stereocenters. The van der Waals surface area contributed by atoms with E-state index in [4.69, 9.17) is 4.74 Å². The number of guanidine groups is 1. The van der Waals surface area contributed by atoms with Gasteiger partial charge in [-0.05, 0) is 25.1 Å². The highest BCUT2D eigenvalue weighted by molar-refractivity contribution is 5.80. The molecule has 1 aromatic heterocycles. The average molecular weight is 371 g/mol. The van der Waals surface area contributed by atoms with E-state index in [0.717, 1.165) is 37.7 Å². The third-order valence-electron chi connectivity index (χ3n) is 4.55. The van der Waals surface area contributed by atoms with Crippen LogP contribution in [0.2, 0.25) is 0 Å². The maximum Gasteiger partial charge on any atom is 0.218 e. The van der Waals surface area contributed by atoms with Crippen molar-refractivity contribution >= 4 is 11.6 Å². The lowest BCUT2D eigenvalue weighted by Crippen LogP contribution is -2.52. The summed E-state index contributed by atoms with van der Waals surface area (Å²) in [5.41, 5.74) is 1.65. The van der Waals surface area contributed by atoms with Crippen LogP contribution in [-0.4, -0.2) is 55.7 Å². The average Bonchev–Trinajstić information content (AvgIpc) is 2.71. The maximum atomic E-state index is 14.0. The molecule has 27 heavy (non-hydrogen) atoms. The van der Waals surface area contributed by atoms with Gasteiger partial charge in [-0.25, -0.2) is 9.37 Å². The molecular weight excluding hydrogens is 345 g/mol. The van der Waals surface area contributed by atoms with Gasteiger partial charge in [-0.3, -0.25) is 4.99 Å². The molecular formula is C20H26FN5O. The van der Waals surface area contributed by atoms with Crippen LogP contribution in [-0.2, 0) is 6.54 Å². The number of ether oxygens (including phenoxy) is 1. The molecule has 2 heterocycles. The highest BCUT2D eigenvalue weighted by atomic mass is 19.1. The van der Waals surface area contributed by atoms with Crippen molar-refractivity contribution in [2.24, 2.45) is 4.99 Å². The molecule has 144 valence electrons. The highest BCUT2D eigenvalue weighted by Crippen LogP contribution is 2.20. The monoisotopic (exact) mass is 371 g/mol. The molecule has 0 unspecified atom stereocenters. The molecule has 3 rings (SSSR count). The van der Waals surface area contributed by atoms with Crippen LogP contribution in [0.3, 0.4) is 0 Å². The molecule has 1 saturated heterocycles. The molecule has 1 N–H and O–H groups in total. The lowest BCUT2D eigenvalue weighted by molar-refractivity contribution is 0.322. The first-order chi connectivity index (χ1) is 13.2. The number of aromatic nitrogens is 1. The molecule has 0 aliphatic carbocycles. The topological polar surface area (TPSA) is 53.0 Å². The van der Waals surface area contributed by atoms with Crippen LogP contribution in [0.15, 0.2) is 47.6 Å². The SMILES string of the molecule is CCOc1ncccc1CNC(=NC)N1CCN(c2ccccc2F)CC1. The van der Waals surface area contributed by atoms with Gasteiger partial charge < -0.3 is 19.9 Å². The number of nitrogens with one attached hydrogen (secondary N) is 1. The van der Waals surface area contributed by atoms with Crippen LogP contribution in [0.1, 0.15) is 12.5 Å². The molecule has 0 bridgehead atoms. The second-order valence-corrected chi connectivity index (χ2v) is 6.23. The van der Waals surface area contributed by atoms with E-state index in [9.17, 15) is 4.39 Å². The number of benzene rings is 1. The number of pyridine rings is 1. The fraction of sp³-hybridized carbons (Fsp3) is 0.400. The van der Waals surface area contributed by atoms with E-state index in [1.807, 2.05) is 31.2 Å². The van der Waals surface area contributed by atoms with Gasteiger partial charge in [-0.2, -0.15) is 0 Å².